The summed E-state index contributed by atoms with van der Waals surface area (Å²) in [4.78, 5) is 98.9. The van der Waals surface area contributed by atoms with E-state index in [2.05, 4.69) is 83.2 Å². The third-order valence-corrected chi connectivity index (χ3v) is 5.97. The van der Waals surface area contributed by atoms with Crippen LogP contribution in [0.15, 0.2) is 0 Å². The second-order valence-electron chi connectivity index (χ2n) is 9.82. The van der Waals surface area contributed by atoms with E-state index in [1.54, 1.807) is 56.4 Å². The Balaban J connectivity index is -0.0000000550. The van der Waals surface area contributed by atoms with Crippen molar-refractivity contribution in [3.8, 4) is 0 Å². The number of hydrogen-bond donors (Lipinski definition) is 13. The first kappa shape index (κ1) is 86.7. The van der Waals surface area contributed by atoms with Crippen LogP contribution >= 0.6 is 23.5 Å². The molecule has 0 saturated carbocycles. The molecule has 0 rings (SSSR count). The van der Waals surface area contributed by atoms with Gasteiger partial charge in [-0.25, -0.2) is 43.2 Å². The lowest BCUT2D eigenvalue weighted by molar-refractivity contribution is -0.120. The molecule has 392 valence electrons. The molecule has 0 aromatic rings. The van der Waals surface area contributed by atoms with Crippen LogP contribution in [-0.4, -0.2) is 197 Å². The number of hydrazine groups is 2. The standard InChI is InChI=1S/2C4H9NOS.C3H8N2O2.2C3H8N2O.2C3H7NO2.2C3H7NO.C3H6O.C2H7NO2S/c2*1-5-4(6)3-7-2;1-4-5-3(6)7-2;1-4-3(6)5-2;1-3(6)5-4-2;2*1-4-3(5)6-2;2*1-3(5)4-2;1-3(2)4;1-3-6(2,4)5/h2*3H2,1-2H3,(H,5,6);4H,1-2H3,(H,5,6);1-2H3,(H2,4,5,6);4H,1-2H3,(H,5,6);2*1-2H3,(H,4,5);2*1-2H3,(H,4,5);1-2H3;3H,1-2H3. The summed E-state index contributed by atoms with van der Waals surface area (Å²) in [5.41, 5.74) is 9.36. The van der Waals surface area contributed by atoms with E-state index < -0.39 is 28.3 Å². The number of amides is 10. The molecule has 65 heavy (non-hydrogen) atoms. The topological polar surface area (TPSA) is 389 Å². The van der Waals surface area contributed by atoms with Crippen LogP contribution in [0.4, 0.5) is 19.2 Å². The number of rotatable bonds is 7. The fourth-order valence-electron chi connectivity index (χ4n) is 1.06. The van der Waals surface area contributed by atoms with Crippen LogP contribution in [0, 0.1) is 0 Å². The Hall–Kier alpha value is -5.37. The summed E-state index contributed by atoms with van der Waals surface area (Å²) in [5.74, 6) is 1.42. The number of Topliss-reactive ketones (excluding diaryl/α,β-unsaturated/α-hetero) is 1. The summed E-state index contributed by atoms with van der Waals surface area (Å²) in [6.45, 7) is 7.44. The molecule has 0 aromatic carbocycles. The molecule has 0 aliphatic heterocycles. The molecule has 0 heterocycles. The van der Waals surface area contributed by atoms with E-state index in [9.17, 15) is 56.4 Å². The van der Waals surface area contributed by atoms with Gasteiger partial charge in [0.1, 0.15) is 5.78 Å². The first-order valence-electron chi connectivity index (χ1n) is 17.9. The SMILES string of the molecule is CC(C)=O.CNC(=O)CSC.CNC(=O)CSC.CNC(=O)NC.CNC(=O)OC.CNC(=O)OC.CNC(C)=O.CNC(C)=O.CNNC(=O)OC.CNNC(C)=O.CNS(C)(=O)=O. The van der Waals surface area contributed by atoms with Gasteiger partial charge in [-0.3, -0.25) is 34.8 Å². The number of ketones is 1. The number of methoxy groups -OCH3 is 3. The van der Waals surface area contributed by atoms with Crippen molar-refractivity contribution in [2.45, 2.75) is 34.6 Å². The van der Waals surface area contributed by atoms with Gasteiger partial charge < -0.3 is 61.5 Å². The Morgan fingerprint density at radius 2 is 0.677 bits per heavy atom. The van der Waals surface area contributed by atoms with Crippen molar-refractivity contribution in [1.29, 1.82) is 0 Å². The van der Waals surface area contributed by atoms with E-state index in [0.717, 1.165) is 6.26 Å². The smallest absolute Gasteiger partial charge is 0.421 e. The predicted octanol–water partition coefficient (Wildman–Crippen LogP) is -2.32. The van der Waals surface area contributed by atoms with Crippen molar-refractivity contribution < 1.29 is 70.6 Å². The van der Waals surface area contributed by atoms with Gasteiger partial charge in [-0.05, 0) is 33.4 Å². The second-order valence-corrected chi connectivity index (χ2v) is 13.5. The molecule has 0 fully saturated rings. The maximum Gasteiger partial charge on any atom is 0.421 e. The highest BCUT2D eigenvalue weighted by atomic mass is 32.2. The number of urea groups is 1. The zero-order chi connectivity index (χ0) is 54.4. The number of carbonyl (C=O) groups is 10. The van der Waals surface area contributed by atoms with Crippen LogP contribution < -0.4 is 69.0 Å². The molecule has 0 spiro atoms. The number of carbonyl (C=O) groups excluding carboxylic acids is 10. The molecule has 0 atom stereocenters. The summed E-state index contributed by atoms with van der Waals surface area (Å²) in [7, 11) is 18.2. The molecule has 0 aliphatic carbocycles. The number of thioether (sulfide) groups is 2. The van der Waals surface area contributed by atoms with Crippen LogP contribution in [0.5, 0.6) is 0 Å². The fourth-order valence-corrected chi connectivity index (χ4v) is 1.88. The van der Waals surface area contributed by atoms with Crippen LogP contribution in [0.1, 0.15) is 34.6 Å². The molecule has 28 nitrogen and oxygen atoms in total. The van der Waals surface area contributed by atoms with Crippen LogP contribution in [0.2, 0.25) is 0 Å². The molecule has 0 radical (unpaired) electrons. The van der Waals surface area contributed by atoms with Gasteiger partial charge in [-0.2, -0.15) is 23.5 Å². The molecule has 0 aromatic heterocycles. The summed E-state index contributed by atoms with van der Waals surface area (Å²) in [6.07, 6.45) is 3.60. The molecular formula is C34H83N13O15S3. The Kier molecular flexibility index (Phi) is 101. The van der Waals surface area contributed by atoms with E-state index in [-0.39, 0.29) is 41.4 Å². The van der Waals surface area contributed by atoms with E-state index >= 15 is 0 Å². The number of hydrogen-bond acceptors (Lipinski definition) is 19. The highest BCUT2D eigenvalue weighted by Gasteiger charge is 1.92. The zero-order valence-electron chi connectivity index (χ0n) is 42.3. The first-order chi connectivity index (χ1) is 30.0. The van der Waals surface area contributed by atoms with Crippen LogP contribution in [0.25, 0.3) is 0 Å². The van der Waals surface area contributed by atoms with Gasteiger partial charge >= 0.3 is 24.3 Å². The van der Waals surface area contributed by atoms with Gasteiger partial charge in [0.25, 0.3) is 0 Å². The largest absolute Gasteiger partial charge is 0.453 e. The van der Waals surface area contributed by atoms with E-state index in [1.165, 1.54) is 101 Å². The van der Waals surface area contributed by atoms with Gasteiger partial charge in [0.05, 0.1) is 39.1 Å². The third kappa shape index (κ3) is 188. The van der Waals surface area contributed by atoms with Crippen LogP contribution in [-0.2, 0) is 53.0 Å². The first-order valence-corrected chi connectivity index (χ1v) is 22.6. The molecule has 13 N–H and O–H groups in total. The normalized spacial score (nSPS) is 7.78. The predicted molar refractivity (Wildman–Crippen MR) is 259 cm³/mol. The molecule has 0 bridgehead atoms. The van der Waals surface area contributed by atoms with Gasteiger partial charge in [-0.15, -0.1) is 0 Å². The monoisotopic (exact) mass is 1010 g/mol. The molecule has 0 aliphatic rings. The maximum atomic E-state index is 10.3. The molecule has 10 amide bonds. The van der Waals surface area contributed by atoms with Crippen molar-refractivity contribution in [3.05, 3.63) is 0 Å². The number of nitrogens with one attached hydrogen (secondary N) is 13. The zero-order valence-corrected chi connectivity index (χ0v) is 44.7. The maximum absolute atomic E-state index is 10.3. The minimum absolute atomic E-state index is 0.00463. The summed E-state index contributed by atoms with van der Waals surface area (Å²) in [5, 5.41) is 19.0. The Morgan fingerprint density at radius 1 is 0.431 bits per heavy atom. The number of sulfonamides is 1. The minimum Gasteiger partial charge on any atom is -0.453 e. The van der Waals surface area contributed by atoms with Gasteiger partial charge in [0, 0.05) is 91.2 Å². The molecule has 0 saturated heterocycles. The average Bonchev–Trinajstić information content (AvgIpc) is 3.26. The average molecular weight is 1010 g/mol. The highest BCUT2D eigenvalue weighted by molar-refractivity contribution is 7.99. The summed E-state index contributed by atoms with van der Waals surface area (Å²) in [6, 6.07) is -0.157. The Labute approximate surface area is 395 Å². The summed E-state index contributed by atoms with van der Waals surface area (Å²) >= 11 is 3.04. The summed E-state index contributed by atoms with van der Waals surface area (Å²) < 4.78 is 34.3. The van der Waals surface area contributed by atoms with Gasteiger partial charge in [0.15, 0.2) is 0 Å². The highest BCUT2D eigenvalue weighted by Crippen LogP contribution is 1.87. The second kappa shape index (κ2) is 76.0. The molecular weight excluding hydrogens is 927 g/mol. The fraction of sp³-hybridized carbons (Fsp3) is 0.706. The minimum atomic E-state index is -2.91. The van der Waals surface area contributed by atoms with Gasteiger partial charge in [-0.1, -0.05) is 0 Å². The lowest BCUT2D eigenvalue weighted by Gasteiger charge is -1.96. The van der Waals surface area contributed by atoms with Crippen LogP contribution in [0.3, 0.4) is 0 Å². The Morgan fingerprint density at radius 3 is 0.708 bits per heavy atom. The van der Waals surface area contributed by atoms with Crippen molar-refractivity contribution >= 4 is 93.2 Å². The number of alkyl carbamates (subject to hydrolysis) is 2. The van der Waals surface area contributed by atoms with Crippen molar-refractivity contribution in [2.75, 3.05) is 129 Å². The molecule has 0 unspecified atom stereocenters. The van der Waals surface area contributed by atoms with E-state index in [4.69, 9.17) is 0 Å². The van der Waals surface area contributed by atoms with E-state index in [1.807, 2.05) is 12.5 Å². The van der Waals surface area contributed by atoms with Crippen molar-refractivity contribution in [3.63, 3.8) is 0 Å². The van der Waals surface area contributed by atoms with Gasteiger partial charge in [0.2, 0.25) is 39.6 Å². The van der Waals surface area contributed by atoms with Crippen molar-refractivity contribution in [1.82, 2.24) is 69.0 Å². The quantitative estimate of drug-likeness (QED) is 0.0940. The van der Waals surface area contributed by atoms with Crippen molar-refractivity contribution in [2.24, 2.45) is 0 Å². The van der Waals surface area contributed by atoms with E-state index in [0.29, 0.717) is 11.5 Å². The molecule has 31 heteroatoms. The Bertz CT molecular complexity index is 1170. The lowest BCUT2D eigenvalue weighted by atomic mass is 10.6. The third-order valence-electron chi connectivity index (χ3n) is 4.13. The number of ether oxygens (including phenoxy) is 3. The lowest BCUT2D eigenvalue weighted by Crippen LogP contribution is -2.33.